The van der Waals surface area contributed by atoms with Crippen LogP contribution in [0.4, 0.5) is 36.1 Å². The molecule has 0 unspecified atom stereocenters. The highest BCUT2D eigenvalue weighted by Crippen LogP contribution is 2.43. The Bertz CT molecular complexity index is 811. The average molecular weight is 363 g/mol. The van der Waals surface area contributed by atoms with Gasteiger partial charge in [0, 0.05) is 12.3 Å². The van der Waals surface area contributed by atoms with E-state index in [9.17, 15) is 33.4 Å². The van der Waals surface area contributed by atoms with Crippen LogP contribution >= 0.6 is 11.6 Å². The van der Waals surface area contributed by atoms with Gasteiger partial charge in [-0.25, -0.2) is 4.98 Å². The maximum atomic E-state index is 13.2. The van der Waals surface area contributed by atoms with Crippen molar-refractivity contribution in [1.82, 2.24) is 4.98 Å². The van der Waals surface area contributed by atoms with Crippen LogP contribution in [-0.2, 0) is 6.18 Å². The zero-order chi connectivity index (χ0) is 18.1. The molecule has 24 heavy (non-hydrogen) atoms. The molecule has 0 atom stereocenters. The quantitative estimate of drug-likeness (QED) is 0.640. The first-order chi connectivity index (χ1) is 11.1. The van der Waals surface area contributed by atoms with Crippen molar-refractivity contribution in [3.8, 4) is 0 Å². The molecule has 0 amide bonds. The van der Waals surface area contributed by atoms with Crippen LogP contribution in [0.25, 0.3) is 0 Å². The summed E-state index contributed by atoms with van der Waals surface area (Å²) in [4.78, 5) is 23.2. The van der Waals surface area contributed by atoms with E-state index >= 15 is 0 Å². The number of alkyl halides is 3. The van der Waals surface area contributed by atoms with E-state index in [1.54, 1.807) is 0 Å². The van der Waals surface area contributed by atoms with Crippen LogP contribution in [0.5, 0.6) is 0 Å². The predicted molar refractivity (Wildman–Crippen MR) is 77.3 cm³/mol. The third-order valence-corrected chi connectivity index (χ3v) is 3.02. The van der Waals surface area contributed by atoms with E-state index in [4.69, 9.17) is 11.6 Å². The van der Waals surface area contributed by atoms with Crippen molar-refractivity contribution in [3.63, 3.8) is 0 Å². The fourth-order valence-corrected chi connectivity index (χ4v) is 1.91. The fraction of sp³-hybridized carbons (Fsp3) is 0.0833. The molecule has 0 aliphatic heterocycles. The van der Waals surface area contributed by atoms with Crippen LogP contribution in [0.1, 0.15) is 5.56 Å². The summed E-state index contributed by atoms with van der Waals surface area (Å²) in [5.41, 5.74) is -4.66. The number of hydrogen-bond acceptors (Lipinski definition) is 6. The van der Waals surface area contributed by atoms with Crippen molar-refractivity contribution in [1.29, 1.82) is 0 Å². The van der Waals surface area contributed by atoms with Crippen LogP contribution in [0.3, 0.4) is 0 Å². The predicted octanol–water partition coefficient (Wildman–Crippen LogP) is 4.31. The van der Waals surface area contributed by atoms with E-state index in [-0.39, 0.29) is 16.9 Å². The smallest absolute Gasteiger partial charge is 0.334 e. The highest BCUT2D eigenvalue weighted by Gasteiger charge is 2.39. The zero-order valence-corrected chi connectivity index (χ0v) is 12.1. The maximum absolute atomic E-state index is 13.2. The van der Waals surface area contributed by atoms with E-state index in [0.29, 0.717) is 6.07 Å². The topological polar surface area (TPSA) is 111 Å². The first-order valence-corrected chi connectivity index (χ1v) is 6.40. The van der Waals surface area contributed by atoms with Gasteiger partial charge in [-0.2, -0.15) is 13.2 Å². The highest BCUT2D eigenvalue weighted by atomic mass is 35.5. The summed E-state index contributed by atoms with van der Waals surface area (Å²) >= 11 is 5.60. The van der Waals surface area contributed by atoms with Gasteiger partial charge < -0.3 is 5.32 Å². The third kappa shape index (κ3) is 3.68. The first kappa shape index (κ1) is 17.4. The van der Waals surface area contributed by atoms with Crippen LogP contribution in [-0.4, -0.2) is 14.8 Å². The fourth-order valence-electron chi connectivity index (χ4n) is 1.79. The molecule has 12 heteroatoms. The number of benzene rings is 1. The number of nitrogens with zero attached hydrogens (tertiary/aromatic N) is 3. The van der Waals surface area contributed by atoms with Gasteiger partial charge in [-0.1, -0.05) is 11.6 Å². The summed E-state index contributed by atoms with van der Waals surface area (Å²) in [6.45, 7) is 0. The summed E-state index contributed by atoms with van der Waals surface area (Å²) in [7, 11) is 0. The molecule has 0 spiro atoms. The molecular formula is C12H6ClF3N4O4. The second kappa shape index (κ2) is 6.28. The Morgan fingerprint density at radius 2 is 1.79 bits per heavy atom. The van der Waals surface area contributed by atoms with Crippen molar-refractivity contribution >= 4 is 34.5 Å². The lowest BCUT2D eigenvalue weighted by molar-refractivity contribution is -0.394. The number of pyridine rings is 1. The minimum atomic E-state index is -5.06. The maximum Gasteiger partial charge on any atom is 0.418 e. The number of nitro groups is 2. The lowest BCUT2D eigenvalue weighted by Gasteiger charge is -2.14. The second-order valence-corrected chi connectivity index (χ2v) is 4.82. The van der Waals surface area contributed by atoms with Crippen molar-refractivity contribution in [3.05, 3.63) is 61.3 Å². The van der Waals surface area contributed by atoms with Crippen LogP contribution < -0.4 is 5.32 Å². The van der Waals surface area contributed by atoms with Gasteiger partial charge >= 0.3 is 6.18 Å². The van der Waals surface area contributed by atoms with Crippen LogP contribution in [0.15, 0.2) is 30.5 Å². The molecule has 0 saturated carbocycles. The van der Waals surface area contributed by atoms with Gasteiger partial charge in [0.2, 0.25) is 0 Å². The SMILES string of the molecule is O=[N+]([O-])c1cc([N+](=O)[O-])c(Nc2ccc(Cl)cn2)c(C(F)(F)F)c1. The molecule has 1 aromatic heterocycles. The molecule has 0 bridgehead atoms. The number of rotatable bonds is 4. The number of nitro benzene ring substituents is 2. The van der Waals surface area contributed by atoms with Gasteiger partial charge in [0.05, 0.1) is 26.5 Å². The molecule has 1 heterocycles. The number of hydrogen-bond donors (Lipinski definition) is 1. The molecule has 8 nitrogen and oxygen atoms in total. The van der Waals surface area contributed by atoms with Gasteiger partial charge in [0.1, 0.15) is 11.5 Å². The number of anilines is 2. The van der Waals surface area contributed by atoms with E-state index in [0.717, 1.165) is 6.20 Å². The number of aromatic nitrogens is 1. The molecule has 1 aromatic carbocycles. The van der Waals surface area contributed by atoms with Gasteiger partial charge in [-0.05, 0) is 12.1 Å². The summed E-state index contributed by atoms with van der Waals surface area (Å²) in [5, 5.41) is 24.2. The molecule has 2 aromatic rings. The molecule has 0 aliphatic rings. The van der Waals surface area contributed by atoms with E-state index < -0.39 is 38.6 Å². The van der Waals surface area contributed by atoms with Crippen molar-refractivity contribution in [2.75, 3.05) is 5.32 Å². The Morgan fingerprint density at radius 3 is 2.25 bits per heavy atom. The summed E-state index contributed by atoms with van der Waals surface area (Å²) in [6.07, 6.45) is -3.94. The number of nitrogens with one attached hydrogen (secondary N) is 1. The molecule has 0 aliphatic carbocycles. The van der Waals surface area contributed by atoms with Gasteiger partial charge in [0.15, 0.2) is 0 Å². The Balaban J connectivity index is 2.68. The summed E-state index contributed by atoms with van der Waals surface area (Å²) in [5.74, 6) is -0.151. The van der Waals surface area contributed by atoms with E-state index in [2.05, 4.69) is 10.3 Å². The minimum Gasteiger partial charge on any atom is -0.334 e. The Hall–Kier alpha value is -2.95. The van der Waals surface area contributed by atoms with Gasteiger partial charge in [-0.15, -0.1) is 0 Å². The van der Waals surface area contributed by atoms with Crippen molar-refractivity contribution < 1.29 is 23.0 Å². The Kier molecular flexibility index (Phi) is 4.55. The Morgan fingerprint density at radius 1 is 1.12 bits per heavy atom. The van der Waals surface area contributed by atoms with Crippen molar-refractivity contribution in [2.24, 2.45) is 0 Å². The van der Waals surface area contributed by atoms with Crippen LogP contribution in [0, 0.1) is 20.2 Å². The summed E-state index contributed by atoms with van der Waals surface area (Å²) in [6, 6.07) is 3.16. The van der Waals surface area contributed by atoms with E-state index in [1.165, 1.54) is 12.1 Å². The molecule has 0 fully saturated rings. The molecule has 0 saturated heterocycles. The standard InChI is InChI=1S/C12H6ClF3N4O4/c13-6-1-2-10(17-5-6)18-11-8(12(14,15)16)3-7(19(21)22)4-9(11)20(23)24/h1-5H,(H,17,18). The van der Waals surface area contributed by atoms with Gasteiger partial charge in [-0.3, -0.25) is 20.2 Å². The lowest BCUT2D eigenvalue weighted by Crippen LogP contribution is -2.12. The van der Waals surface area contributed by atoms with Crippen LogP contribution in [0.2, 0.25) is 5.02 Å². The lowest BCUT2D eigenvalue weighted by atomic mass is 10.1. The molecule has 0 radical (unpaired) electrons. The number of halogens is 4. The second-order valence-electron chi connectivity index (χ2n) is 4.39. The van der Waals surface area contributed by atoms with E-state index in [1.807, 2.05) is 0 Å². The molecule has 1 N–H and O–H groups in total. The third-order valence-electron chi connectivity index (χ3n) is 2.80. The molecule has 2 rings (SSSR count). The minimum absolute atomic E-state index is 0.151. The number of non-ortho nitro benzene ring substituents is 1. The summed E-state index contributed by atoms with van der Waals surface area (Å²) < 4.78 is 39.5. The largest absolute Gasteiger partial charge is 0.418 e. The molecule has 126 valence electrons. The van der Waals surface area contributed by atoms with Crippen molar-refractivity contribution in [2.45, 2.75) is 6.18 Å². The highest BCUT2D eigenvalue weighted by molar-refractivity contribution is 6.30. The monoisotopic (exact) mass is 362 g/mol. The molecular weight excluding hydrogens is 357 g/mol. The van der Waals surface area contributed by atoms with Gasteiger partial charge in [0.25, 0.3) is 11.4 Å². The Labute approximate surface area is 136 Å². The normalized spacial score (nSPS) is 11.2. The average Bonchev–Trinajstić information content (AvgIpc) is 2.48. The first-order valence-electron chi connectivity index (χ1n) is 6.02. The zero-order valence-electron chi connectivity index (χ0n) is 11.4.